The van der Waals surface area contributed by atoms with Gasteiger partial charge in [-0.3, -0.25) is 9.59 Å². The second kappa shape index (κ2) is 5.12. The van der Waals surface area contributed by atoms with Crippen molar-refractivity contribution < 1.29 is 4.79 Å². The largest absolute Gasteiger partial charge is 0.367 e. The summed E-state index contributed by atoms with van der Waals surface area (Å²) in [6, 6.07) is 2.66. The number of amides is 1. The summed E-state index contributed by atoms with van der Waals surface area (Å²) in [5, 5.41) is 11.3. The van der Waals surface area contributed by atoms with Crippen LogP contribution in [0.25, 0.3) is 0 Å². The highest BCUT2D eigenvalue weighted by molar-refractivity contribution is 5.94. The molecule has 2 N–H and O–H groups in total. The average Bonchev–Trinajstić information content (AvgIpc) is 2.25. The molecule has 84 valence electrons. The number of pyridine rings is 1. The number of aromatic amines is 1. The molecule has 0 spiro atoms. The average molecular weight is 219 g/mol. The van der Waals surface area contributed by atoms with E-state index in [2.05, 4.69) is 10.3 Å². The summed E-state index contributed by atoms with van der Waals surface area (Å²) in [5.74, 6) is -0.529. The molecule has 0 saturated heterocycles. The van der Waals surface area contributed by atoms with Gasteiger partial charge >= 0.3 is 0 Å². The topological polar surface area (TPSA) is 85.8 Å². The molecule has 0 radical (unpaired) electrons. The third-order valence-electron chi connectivity index (χ3n) is 2.16. The molecule has 0 aliphatic heterocycles. The van der Waals surface area contributed by atoms with Crippen molar-refractivity contribution >= 4 is 5.91 Å². The minimum absolute atomic E-state index is 0.00301. The van der Waals surface area contributed by atoms with Gasteiger partial charge < -0.3 is 10.3 Å². The maximum Gasteiger partial charge on any atom is 0.257 e. The van der Waals surface area contributed by atoms with Crippen LogP contribution < -0.4 is 10.7 Å². The fourth-order valence-electron chi connectivity index (χ4n) is 1.16. The first-order valence-corrected chi connectivity index (χ1v) is 4.94. The van der Waals surface area contributed by atoms with Gasteiger partial charge in [0, 0.05) is 18.5 Å². The van der Waals surface area contributed by atoms with Crippen molar-refractivity contribution in [2.45, 2.75) is 19.9 Å². The number of nitrogens with zero attached hydrogens (tertiary/aromatic N) is 1. The zero-order valence-corrected chi connectivity index (χ0v) is 9.15. The first-order valence-electron chi connectivity index (χ1n) is 4.94. The predicted molar refractivity (Wildman–Crippen MR) is 58.8 cm³/mol. The molecule has 1 aromatic rings. The van der Waals surface area contributed by atoms with Crippen LogP contribution in [0.4, 0.5) is 0 Å². The summed E-state index contributed by atoms with van der Waals surface area (Å²) in [6.45, 7) is 3.65. The van der Waals surface area contributed by atoms with E-state index in [4.69, 9.17) is 5.26 Å². The second-order valence-corrected chi connectivity index (χ2v) is 3.75. The van der Waals surface area contributed by atoms with Gasteiger partial charge in [-0.1, -0.05) is 13.8 Å². The maximum atomic E-state index is 11.7. The Morgan fingerprint density at radius 1 is 1.56 bits per heavy atom. The zero-order chi connectivity index (χ0) is 12.1. The lowest BCUT2D eigenvalue weighted by Gasteiger charge is -2.14. The van der Waals surface area contributed by atoms with Gasteiger partial charge in [0.15, 0.2) is 5.43 Å². The Labute approximate surface area is 93.1 Å². The Kier molecular flexibility index (Phi) is 3.84. The molecule has 1 unspecified atom stereocenters. The van der Waals surface area contributed by atoms with Gasteiger partial charge in [-0.25, -0.2) is 0 Å². The molecular weight excluding hydrogens is 206 g/mol. The number of nitrogens with one attached hydrogen (secondary N) is 2. The third kappa shape index (κ3) is 2.70. The van der Waals surface area contributed by atoms with E-state index in [-0.39, 0.29) is 16.9 Å². The number of H-pyrrole nitrogens is 1. The summed E-state index contributed by atoms with van der Waals surface area (Å²) in [7, 11) is 0. The normalized spacial score (nSPS) is 11.9. The van der Waals surface area contributed by atoms with Crippen molar-refractivity contribution in [1.29, 1.82) is 5.26 Å². The van der Waals surface area contributed by atoms with Crippen molar-refractivity contribution in [3.05, 3.63) is 34.2 Å². The lowest BCUT2D eigenvalue weighted by Crippen LogP contribution is -2.39. The molecule has 0 aliphatic carbocycles. The molecule has 5 nitrogen and oxygen atoms in total. The van der Waals surface area contributed by atoms with Gasteiger partial charge in [-0.05, 0) is 5.92 Å². The third-order valence-corrected chi connectivity index (χ3v) is 2.16. The van der Waals surface area contributed by atoms with E-state index in [9.17, 15) is 9.59 Å². The van der Waals surface area contributed by atoms with Crippen LogP contribution in [0.15, 0.2) is 23.3 Å². The van der Waals surface area contributed by atoms with Gasteiger partial charge in [0.25, 0.3) is 5.91 Å². The maximum absolute atomic E-state index is 11.7. The summed E-state index contributed by atoms with van der Waals surface area (Å²) >= 11 is 0. The predicted octanol–water partition coefficient (Wildman–Crippen LogP) is 0.653. The highest BCUT2D eigenvalue weighted by Crippen LogP contribution is 2.01. The molecular formula is C11H13N3O2. The lowest BCUT2D eigenvalue weighted by molar-refractivity contribution is 0.0936. The quantitative estimate of drug-likeness (QED) is 0.782. The number of nitriles is 1. The molecule has 0 fully saturated rings. The number of hydrogen-bond acceptors (Lipinski definition) is 3. The zero-order valence-electron chi connectivity index (χ0n) is 9.15. The standard InChI is InChI=1S/C11H13N3O2/c1-7(2)9(5-12)14-11(16)8-6-13-4-3-10(8)15/h3-4,6-7,9H,1-2H3,(H,13,15)(H,14,16). The van der Waals surface area contributed by atoms with Crippen molar-refractivity contribution in [3.63, 3.8) is 0 Å². The Hall–Kier alpha value is -2.09. The minimum Gasteiger partial charge on any atom is -0.367 e. The smallest absolute Gasteiger partial charge is 0.257 e. The molecule has 16 heavy (non-hydrogen) atoms. The SMILES string of the molecule is CC(C)C(C#N)NC(=O)c1c[nH]ccc1=O. The van der Waals surface area contributed by atoms with Crippen molar-refractivity contribution in [3.8, 4) is 6.07 Å². The molecule has 1 aromatic heterocycles. The number of carbonyl (C=O) groups excluding carboxylic acids is 1. The molecule has 1 atom stereocenters. The molecule has 1 amide bonds. The van der Waals surface area contributed by atoms with Gasteiger partial charge in [0.05, 0.1) is 6.07 Å². The van der Waals surface area contributed by atoms with E-state index in [0.29, 0.717) is 0 Å². The minimum atomic E-state index is -0.591. The number of hydrogen-bond donors (Lipinski definition) is 2. The Morgan fingerprint density at radius 3 is 2.75 bits per heavy atom. The summed E-state index contributed by atoms with van der Waals surface area (Å²) in [6.07, 6.45) is 2.77. The number of rotatable bonds is 3. The molecule has 1 heterocycles. The van der Waals surface area contributed by atoms with E-state index in [1.165, 1.54) is 18.5 Å². The molecule has 0 bridgehead atoms. The van der Waals surface area contributed by atoms with Crippen LogP contribution in [0.2, 0.25) is 0 Å². The summed E-state index contributed by atoms with van der Waals surface area (Å²) in [5.41, 5.74) is -0.347. The second-order valence-electron chi connectivity index (χ2n) is 3.75. The molecule has 5 heteroatoms. The van der Waals surface area contributed by atoms with Crippen LogP contribution in [-0.4, -0.2) is 16.9 Å². The Morgan fingerprint density at radius 2 is 2.25 bits per heavy atom. The van der Waals surface area contributed by atoms with Crippen LogP contribution in [0.5, 0.6) is 0 Å². The Balaban J connectivity index is 2.85. The van der Waals surface area contributed by atoms with Gasteiger partial charge in [0.1, 0.15) is 11.6 Å². The first-order chi connectivity index (χ1) is 7.56. The van der Waals surface area contributed by atoms with Crippen LogP contribution in [-0.2, 0) is 0 Å². The van der Waals surface area contributed by atoms with E-state index in [1.807, 2.05) is 19.9 Å². The number of carbonyl (C=O) groups is 1. The monoisotopic (exact) mass is 219 g/mol. The van der Waals surface area contributed by atoms with Crippen LogP contribution >= 0.6 is 0 Å². The van der Waals surface area contributed by atoms with E-state index >= 15 is 0 Å². The van der Waals surface area contributed by atoms with Crippen molar-refractivity contribution in [2.75, 3.05) is 0 Å². The van der Waals surface area contributed by atoms with Gasteiger partial charge in [0.2, 0.25) is 0 Å². The van der Waals surface area contributed by atoms with E-state index < -0.39 is 11.9 Å². The highest BCUT2D eigenvalue weighted by atomic mass is 16.2. The summed E-state index contributed by atoms with van der Waals surface area (Å²) < 4.78 is 0. The summed E-state index contributed by atoms with van der Waals surface area (Å²) in [4.78, 5) is 25.7. The fourth-order valence-corrected chi connectivity index (χ4v) is 1.16. The van der Waals surface area contributed by atoms with Crippen molar-refractivity contribution in [1.82, 2.24) is 10.3 Å². The van der Waals surface area contributed by atoms with Gasteiger partial charge in [-0.2, -0.15) is 5.26 Å². The van der Waals surface area contributed by atoms with Crippen LogP contribution in [0.3, 0.4) is 0 Å². The van der Waals surface area contributed by atoms with Crippen LogP contribution in [0.1, 0.15) is 24.2 Å². The number of aromatic nitrogens is 1. The molecule has 0 aromatic carbocycles. The fraction of sp³-hybridized carbons (Fsp3) is 0.364. The van der Waals surface area contributed by atoms with Crippen molar-refractivity contribution in [2.24, 2.45) is 5.92 Å². The van der Waals surface area contributed by atoms with E-state index in [1.54, 1.807) is 0 Å². The van der Waals surface area contributed by atoms with Crippen LogP contribution in [0, 0.1) is 17.2 Å². The van der Waals surface area contributed by atoms with E-state index in [0.717, 1.165) is 0 Å². The lowest BCUT2D eigenvalue weighted by atomic mass is 10.1. The Bertz CT molecular complexity index is 471. The first kappa shape index (κ1) is 12.0. The molecule has 1 rings (SSSR count). The molecule has 0 saturated carbocycles. The molecule has 0 aliphatic rings. The van der Waals surface area contributed by atoms with Gasteiger partial charge in [-0.15, -0.1) is 0 Å². The highest BCUT2D eigenvalue weighted by Gasteiger charge is 2.17.